The molecule has 0 atom stereocenters. The second kappa shape index (κ2) is 20.2. The van der Waals surface area contributed by atoms with Crippen LogP contribution in [-0.2, 0) is 42.2 Å². The number of benzene rings is 2. The molecule has 214 valence electrons. The molecule has 0 fully saturated rings. The Kier molecular flexibility index (Phi) is 18.2. The van der Waals surface area contributed by atoms with E-state index in [1.165, 1.54) is 85.0 Å². The molecule has 38 heavy (non-hydrogen) atoms. The Morgan fingerprint density at radius 1 is 0.447 bits per heavy atom. The molecule has 0 saturated carbocycles. The van der Waals surface area contributed by atoms with Crippen LogP contribution in [0.15, 0.2) is 46.4 Å². The first kappa shape index (κ1) is 34.3. The van der Waals surface area contributed by atoms with Gasteiger partial charge in [0, 0.05) is 16.5 Å². The van der Waals surface area contributed by atoms with Crippen LogP contribution in [0, 0.1) is 0 Å². The molecule has 0 aliphatic heterocycles. The van der Waals surface area contributed by atoms with Gasteiger partial charge in [-0.05, 0) is 97.9 Å². The summed E-state index contributed by atoms with van der Waals surface area (Å²) in [7, 11) is 0. The zero-order valence-electron chi connectivity index (χ0n) is 25.3. The molecule has 0 N–H and O–H groups in total. The van der Waals surface area contributed by atoms with E-state index in [2.05, 4.69) is 77.9 Å². The van der Waals surface area contributed by atoms with Gasteiger partial charge in [-0.15, -0.1) is 0 Å². The molecule has 3 heteroatoms. The largest absolute Gasteiger partial charge is 0.252 e. The maximum atomic E-state index is 5.37. The third-order valence-electron chi connectivity index (χ3n) is 6.87. The van der Waals surface area contributed by atoms with E-state index in [-0.39, 0.29) is 16.5 Å². The van der Waals surface area contributed by atoms with Crippen molar-refractivity contribution in [3.05, 3.63) is 58.7 Å². The molecule has 2 nitrogen and oxygen atoms in total. The number of unbranched alkanes of at least 4 members (excludes halogenated alkanes) is 3. The fourth-order valence-electron chi connectivity index (χ4n) is 5.07. The van der Waals surface area contributed by atoms with Gasteiger partial charge >= 0.3 is 0 Å². The van der Waals surface area contributed by atoms with Crippen molar-refractivity contribution in [3.63, 3.8) is 0 Å². The first-order valence-electron chi connectivity index (χ1n) is 15.5. The predicted octanol–water partition coefficient (Wildman–Crippen LogP) is 11.1. The van der Waals surface area contributed by atoms with Crippen LogP contribution in [0.5, 0.6) is 0 Å². The SMILES string of the molecule is CCCCCC(=Nc1cc(CCC)cc(CCC)c1)C(CCCC)=Nc1cc(CCC)cc(CCC)c1.[Ni]. The van der Waals surface area contributed by atoms with Crippen LogP contribution in [0.3, 0.4) is 0 Å². The molecule has 0 saturated heterocycles. The molecule has 2 aromatic rings. The van der Waals surface area contributed by atoms with Crippen LogP contribution in [-0.4, -0.2) is 11.4 Å². The molecule has 0 bridgehead atoms. The molecule has 2 aromatic carbocycles. The van der Waals surface area contributed by atoms with Crippen molar-refractivity contribution in [1.29, 1.82) is 0 Å². The van der Waals surface area contributed by atoms with Gasteiger partial charge in [0.25, 0.3) is 0 Å². The van der Waals surface area contributed by atoms with E-state index in [1.807, 2.05) is 0 Å². The second-order valence-corrected chi connectivity index (χ2v) is 10.7. The van der Waals surface area contributed by atoms with E-state index in [9.17, 15) is 0 Å². The van der Waals surface area contributed by atoms with Crippen molar-refractivity contribution < 1.29 is 16.5 Å². The van der Waals surface area contributed by atoms with Gasteiger partial charge in [-0.2, -0.15) is 0 Å². The average molecular weight is 562 g/mol. The van der Waals surface area contributed by atoms with Crippen LogP contribution >= 0.6 is 0 Å². The fraction of sp³-hybridized carbons (Fsp3) is 0.600. The number of rotatable bonds is 18. The first-order chi connectivity index (χ1) is 18.1. The molecule has 0 aliphatic carbocycles. The summed E-state index contributed by atoms with van der Waals surface area (Å²) in [5.41, 5.74) is 10.3. The molecule has 0 heterocycles. The van der Waals surface area contributed by atoms with Gasteiger partial charge in [-0.3, -0.25) is 9.98 Å². The van der Waals surface area contributed by atoms with Crippen molar-refractivity contribution in [1.82, 2.24) is 0 Å². The van der Waals surface area contributed by atoms with E-state index in [0.717, 1.165) is 56.3 Å². The summed E-state index contributed by atoms with van der Waals surface area (Å²) < 4.78 is 0. The minimum absolute atomic E-state index is 0. The summed E-state index contributed by atoms with van der Waals surface area (Å²) >= 11 is 0. The predicted molar refractivity (Wildman–Crippen MR) is 167 cm³/mol. The van der Waals surface area contributed by atoms with E-state index in [1.54, 1.807) is 0 Å². The van der Waals surface area contributed by atoms with Gasteiger partial charge in [0.15, 0.2) is 0 Å². The van der Waals surface area contributed by atoms with Crippen LogP contribution in [0.25, 0.3) is 0 Å². The number of nitrogens with zero attached hydrogens (tertiary/aromatic N) is 2. The zero-order chi connectivity index (χ0) is 26.9. The summed E-state index contributed by atoms with van der Waals surface area (Å²) in [6.07, 6.45) is 17.1. The summed E-state index contributed by atoms with van der Waals surface area (Å²) in [5, 5.41) is 0. The topological polar surface area (TPSA) is 24.7 Å². The Bertz CT molecular complexity index is 941. The summed E-state index contributed by atoms with van der Waals surface area (Å²) in [4.78, 5) is 10.7. The Labute approximate surface area is 245 Å². The molecule has 0 aliphatic rings. The van der Waals surface area contributed by atoms with E-state index >= 15 is 0 Å². The minimum atomic E-state index is 0. The smallest absolute Gasteiger partial charge is 0.0639 e. The summed E-state index contributed by atoms with van der Waals surface area (Å²) in [6, 6.07) is 14.1. The van der Waals surface area contributed by atoms with Gasteiger partial charge in [0.05, 0.1) is 22.8 Å². The maximum Gasteiger partial charge on any atom is 0.0639 e. The molecular weight excluding hydrogens is 507 g/mol. The summed E-state index contributed by atoms with van der Waals surface area (Å²) in [6.45, 7) is 13.6. The number of aliphatic imine (C=N–C) groups is 2. The van der Waals surface area contributed by atoms with Crippen molar-refractivity contribution >= 4 is 22.8 Å². The Morgan fingerprint density at radius 2 is 0.789 bits per heavy atom. The van der Waals surface area contributed by atoms with Crippen LogP contribution in [0.1, 0.15) is 134 Å². The standard InChI is InChI=1S/C35H54N2.Ni/c1-7-13-15-21-35(37-33-26-30(18-11-5)23-31(27-33)19-12-6)34(20-14-8-2)36-32-24-28(16-9-3)22-29(25-32)17-10-4;/h22-27H,7-21H2,1-6H3;. The maximum absolute atomic E-state index is 5.37. The fourth-order valence-corrected chi connectivity index (χ4v) is 5.07. The van der Waals surface area contributed by atoms with Crippen LogP contribution in [0.4, 0.5) is 11.4 Å². The van der Waals surface area contributed by atoms with Gasteiger partial charge in [0.2, 0.25) is 0 Å². The number of hydrogen-bond donors (Lipinski definition) is 0. The molecule has 0 aromatic heterocycles. The van der Waals surface area contributed by atoms with E-state index in [4.69, 9.17) is 9.98 Å². The third kappa shape index (κ3) is 12.4. The normalized spacial score (nSPS) is 12.1. The monoisotopic (exact) mass is 560 g/mol. The van der Waals surface area contributed by atoms with Gasteiger partial charge in [-0.1, -0.05) is 98.6 Å². The van der Waals surface area contributed by atoms with Crippen molar-refractivity contribution in [3.8, 4) is 0 Å². The molecular formula is C35H54N2Ni. The number of aryl methyl sites for hydroxylation is 4. The van der Waals surface area contributed by atoms with E-state index in [0.29, 0.717) is 0 Å². The Balaban J connectivity index is 0.00000722. The molecule has 2 rings (SSSR count). The van der Waals surface area contributed by atoms with Gasteiger partial charge in [-0.25, -0.2) is 0 Å². The van der Waals surface area contributed by atoms with Gasteiger partial charge < -0.3 is 0 Å². The Morgan fingerprint density at radius 3 is 1.11 bits per heavy atom. The molecule has 0 radical (unpaired) electrons. The van der Waals surface area contributed by atoms with Gasteiger partial charge in [0.1, 0.15) is 0 Å². The Hall–Kier alpha value is -1.73. The average Bonchev–Trinajstić information content (AvgIpc) is 2.87. The van der Waals surface area contributed by atoms with Crippen LogP contribution in [0.2, 0.25) is 0 Å². The van der Waals surface area contributed by atoms with Crippen molar-refractivity contribution in [2.45, 2.75) is 138 Å². The third-order valence-corrected chi connectivity index (χ3v) is 6.87. The zero-order valence-corrected chi connectivity index (χ0v) is 26.3. The van der Waals surface area contributed by atoms with Crippen LogP contribution < -0.4 is 0 Å². The first-order valence-corrected chi connectivity index (χ1v) is 15.5. The van der Waals surface area contributed by atoms with Crippen molar-refractivity contribution in [2.75, 3.05) is 0 Å². The summed E-state index contributed by atoms with van der Waals surface area (Å²) in [5.74, 6) is 0. The minimum Gasteiger partial charge on any atom is -0.252 e. The van der Waals surface area contributed by atoms with E-state index < -0.39 is 0 Å². The number of hydrogen-bond acceptors (Lipinski definition) is 2. The molecule has 0 spiro atoms. The molecule has 0 unspecified atom stereocenters. The quantitative estimate of drug-likeness (QED) is 0.0983. The second-order valence-electron chi connectivity index (χ2n) is 10.7. The van der Waals surface area contributed by atoms with Crippen molar-refractivity contribution in [2.24, 2.45) is 9.98 Å². The molecule has 0 amide bonds.